The molecule has 0 unspecified atom stereocenters. The standard InChI is InChI=1S/C29H27F2N7O2/c1-4-40-25(39)28(11-12-28)24-33-15-38(37-24)26-32-13-9-21(34-26)29-10-8-17(27(29,2)3)16-14-20(35-36-23(16)29)22-18(30)6-5-7-19(22)31/h5-7,9,13-15,17H,4,8,10-12H2,1-3H3/t17-,29-/m0/s1. The van der Waals surface area contributed by atoms with Gasteiger partial charge in [0, 0.05) is 6.20 Å². The van der Waals surface area contributed by atoms with Crippen LogP contribution in [0.25, 0.3) is 17.2 Å². The summed E-state index contributed by atoms with van der Waals surface area (Å²) in [6.45, 7) is 6.44. The highest BCUT2D eigenvalue weighted by Crippen LogP contribution is 2.69. The van der Waals surface area contributed by atoms with Crippen LogP contribution in [0.1, 0.15) is 75.1 Å². The van der Waals surface area contributed by atoms with Gasteiger partial charge in [-0.1, -0.05) is 19.9 Å². The van der Waals surface area contributed by atoms with Gasteiger partial charge in [0.15, 0.2) is 5.82 Å². The van der Waals surface area contributed by atoms with Gasteiger partial charge < -0.3 is 4.74 Å². The molecular formula is C29H27F2N7O2. The molecule has 7 rings (SSSR count). The van der Waals surface area contributed by atoms with Crippen molar-refractivity contribution in [1.82, 2.24) is 34.9 Å². The van der Waals surface area contributed by atoms with Gasteiger partial charge in [-0.15, -0.1) is 10.2 Å². The molecule has 0 N–H and O–H groups in total. The minimum atomic E-state index is -0.798. The number of ether oxygens (including phenoxy) is 1. The molecule has 4 aromatic rings. The molecule has 0 spiro atoms. The first-order valence-corrected chi connectivity index (χ1v) is 13.5. The van der Waals surface area contributed by atoms with E-state index in [4.69, 9.17) is 9.72 Å². The van der Waals surface area contributed by atoms with E-state index < -0.39 is 22.5 Å². The average molecular weight is 544 g/mol. The molecule has 3 aliphatic rings. The molecule has 40 heavy (non-hydrogen) atoms. The third-order valence-corrected chi connectivity index (χ3v) is 9.22. The summed E-state index contributed by atoms with van der Waals surface area (Å²) >= 11 is 0. The van der Waals surface area contributed by atoms with Crippen LogP contribution in [0.4, 0.5) is 8.78 Å². The molecule has 2 saturated carbocycles. The molecule has 11 heteroatoms. The van der Waals surface area contributed by atoms with Crippen molar-refractivity contribution in [1.29, 1.82) is 0 Å². The van der Waals surface area contributed by atoms with E-state index in [9.17, 15) is 13.6 Å². The molecule has 3 aliphatic carbocycles. The van der Waals surface area contributed by atoms with Crippen LogP contribution in [0.15, 0.2) is 42.9 Å². The van der Waals surface area contributed by atoms with E-state index in [0.29, 0.717) is 31.2 Å². The van der Waals surface area contributed by atoms with E-state index in [-0.39, 0.29) is 28.6 Å². The second kappa shape index (κ2) is 8.42. The summed E-state index contributed by atoms with van der Waals surface area (Å²) in [5.74, 6) is -0.802. The number of hydrogen-bond donors (Lipinski definition) is 0. The lowest BCUT2D eigenvalue weighted by Gasteiger charge is -2.37. The molecule has 3 aromatic heterocycles. The Bertz CT molecular complexity index is 1660. The van der Waals surface area contributed by atoms with Gasteiger partial charge in [-0.25, -0.2) is 23.7 Å². The van der Waals surface area contributed by atoms with Gasteiger partial charge >= 0.3 is 5.97 Å². The smallest absolute Gasteiger partial charge is 0.319 e. The number of nitrogens with zero attached hydrogens (tertiary/aromatic N) is 7. The lowest BCUT2D eigenvalue weighted by Crippen LogP contribution is -2.38. The topological polar surface area (TPSA) is 109 Å². The van der Waals surface area contributed by atoms with Gasteiger partial charge in [0.25, 0.3) is 5.95 Å². The van der Waals surface area contributed by atoms with Crippen molar-refractivity contribution in [3.05, 3.63) is 77.3 Å². The predicted octanol–water partition coefficient (Wildman–Crippen LogP) is 4.59. The van der Waals surface area contributed by atoms with Crippen LogP contribution in [-0.4, -0.2) is 47.5 Å². The van der Waals surface area contributed by atoms with E-state index >= 15 is 0 Å². The lowest BCUT2D eigenvalue weighted by molar-refractivity contribution is -0.146. The summed E-state index contributed by atoms with van der Waals surface area (Å²) in [5.41, 5.74) is 0.833. The third-order valence-electron chi connectivity index (χ3n) is 9.22. The molecular weight excluding hydrogens is 516 g/mol. The Labute approximate surface area is 229 Å². The van der Waals surface area contributed by atoms with Gasteiger partial charge in [-0.05, 0) is 73.8 Å². The van der Waals surface area contributed by atoms with E-state index in [0.717, 1.165) is 29.8 Å². The van der Waals surface area contributed by atoms with Crippen molar-refractivity contribution in [3.8, 4) is 17.2 Å². The van der Waals surface area contributed by atoms with E-state index in [1.165, 1.54) is 29.2 Å². The third kappa shape index (κ3) is 3.20. The van der Waals surface area contributed by atoms with Crippen LogP contribution in [0.5, 0.6) is 0 Å². The Morgan fingerprint density at radius 1 is 1.10 bits per heavy atom. The minimum Gasteiger partial charge on any atom is -0.465 e. The number of carbonyl (C=O) groups excluding carboxylic acids is 1. The highest BCUT2D eigenvalue weighted by atomic mass is 19.1. The fraction of sp³-hybridized carbons (Fsp3) is 0.414. The van der Waals surface area contributed by atoms with Crippen molar-refractivity contribution in [2.24, 2.45) is 5.41 Å². The summed E-state index contributed by atoms with van der Waals surface area (Å²) in [5, 5.41) is 13.5. The number of hydrogen-bond acceptors (Lipinski definition) is 8. The van der Waals surface area contributed by atoms with Crippen molar-refractivity contribution in [2.75, 3.05) is 6.61 Å². The normalized spacial score (nSPS) is 23.2. The van der Waals surface area contributed by atoms with Gasteiger partial charge in [-0.3, -0.25) is 4.79 Å². The first kappa shape index (κ1) is 24.9. The van der Waals surface area contributed by atoms with Crippen LogP contribution >= 0.6 is 0 Å². The van der Waals surface area contributed by atoms with Crippen LogP contribution in [-0.2, 0) is 20.4 Å². The molecule has 0 aliphatic heterocycles. The van der Waals surface area contributed by atoms with Gasteiger partial charge in [0.2, 0.25) is 0 Å². The van der Waals surface area contributed by atoms with Crippen LogP contribution < -0.4 is 0 Å². The molecule has 2 atom stereocenters. The number of aromatic nitrogens is 7. The molecule has 0 amide bonds. The maximum absolute atomic E-state index is 14.6. The Kier molecular flexibility index (Phi) is 5.24. The number of benzene rings is 1. The number of halogens is 2. The first-order valence-electron chi connectivity index (χ1n) is 13.5. The number of esters is 1. The lowest BCUT2D eigenvalue weighted by atomic mass is 9.66. The zero-order chi connectivity index (χ0) is 27.9. The highest BCUT2D eigenvalue weighted by Gasteiger charge is 2.65. The predicted molar refractivity (Wildman–Crippen MR) is 138 cm³/mol. The molecule has 0 saturated heterocycles. The Morgan fingerprint density at radius 2 is 1.88 bits per heavy atom. The second-order valence-corrected chi connectivity index (χ2v) is 11.4. The van der Waals surface area contributed by atoms with Crippen LogP contribution in [0.3, 0.4) is 0 Å². The van der Waals surface area contributed by atoms with Gasteiger partial charge in [0.1, 0.15) is 23.4 Å². The number of carbonyl (C=O) groups is 1. The van der Waals surface area contributed by atoms with Crippen molar-refractivity contribution in [2.45, 2.75) is 63.2 Å². The maximum atomic E-state index is 14.6. The molecule has 204 valence electrons. The van der Waals surface area contributed by atoms with Crippen molar-refractivity contribution in [3.63, 3.8) is 0 Å². The van der Waals surface area contributed by atoms with Crippen LogP contribution in [0, 0.1) is 17.0 Å². The second-order valence-electron chi connectivity index (χ2n) is 11.4. The van der Waals surface area contributed by atoms with Crippen LogP contribution in [0.2, 0.25) is 0 Å². The Morgan fingerprint density at radius 3 is 2.60 bits per heavy atom. The molecule has 0 radical (unpaired) electrons. The summed E-state index contributed by atoms with van der Waals surface area (Å²) in [6.07, 6.45) is 6.16. The molecule has 9 nitrogen and oxygen atoms in total. The molecule has 3 heterocycles. The number of rotatable bonds is 6. The Balaban J connectivity index is 1.29. The fourth-order valence-corrected chi connectivity index (χ4v) is 6.95. The summed E-state index contributed by atoms with van der Waals surface area (Å²) in [4.78, 5) is 26.3. The zero-order valence-electron chi connectivity index (χ0n) is 22.4. The van der Waals surface area contributed by atoms with Gasteiger partial charge in [0.05, 0.1) is 34.7 Å². The quantitative estimate of drug-likeness (QED) is 0.325. The summed E-state index contributed by atoms with van der Waals surface area (Å²) < 4.78 is 35.9. The minimum absolute atomic E-state index is 0.113. The monoisotopic (exact) mass is 543 g/mol. The molecule has 2 bridgehead atoms. The first-order chi connectivity index (χ1) is 19.2. The van der Waals surface area contributed by atoms with E-state index in [1.54, 1.807) is 19.2 Å². The molecule has 2 fully saturated rings. The van der Waals surface area contributed by atoms with Crippen molar-refractivity contribution < 1.29 is 18.3 Å². The van der Waals surface area contributed by atoms with E-state index in [1.807, 2.05) is 6.07 Å². The Hall–Kier alpha value is -4.15. The zero-order valence-corrected chi connectivity index (χ0v) is 22.4. The summed E-state index contributed by atoms with van der Waals surface area (Å²) in [7, 11) is 0. The van der Waals surface area contributed by atoms with Gasteiger partial charge in [-0.2, -0.15) is 9.78 Å². The highest BCUT2D eigenvalue weighted by molar-refractivity contribution is 5.85. The molecule has 1 aromatic carbocycles. The van der Waals surface area contributed by atoms with E-state index in [2.05, 4.69) is 39.1 Å². The maximum Gasteiger partial charge on any atom is 0.319 e. The average Bonchev–Trinajstić information content (AvgIpc) is 3.45. The largest absolute Gasteiger partial charge is 0.465 e. The van der Waals surface area contributed by atoms with Crippen molar-refractivity contribution >= 4 is 5.97 Å². The number of fused-ring (bicyclic) bond motifs is 5. The summed E-state index contributed by atoms with van der Waals surface area (Å²) in [6, 6.07) is 7.45. The SMILES string of the molecule is CCOC(=O)C1(c2ncn(-c3nccc([C@@]45CC[C@@H](c6cc(-c7c(F)cccc7F)nnc64)C5(C)C)n3)n2)CC1. The fourth-order valence-electron chi connectivity index (χ4n) is 6.95.